The van der Waals surface area contributed by atoms with Gasteiger partial charge in [0.2, 0.25) is 15.9 Å². The first-order valence-corrected chi connectivity index (χ1v) is 9.26. The molecule has 0 unspecified atom stereocenters. The maximum Gasteiger partial charge on any atom is 0.270 e. The molecule has 12 heteroatoms. The van der Waals surface area contributed by atoms with Crippen molar-refractivity contribution in [1.29, 1.82) is 0 Å². The molecule has 0 bridgehead atoms. The number of primary sulfonamides is 1. The summed E-state index contributed by atoms with van der Waals surface area (Å²) in [5, 5.41) is 18.4. The fourth-order valence-corrected chi connectivity index (χ4v) is 2.97. The number of fused-ring (bicyclic) bond motifs is 1. The fraction of sp³-hybridized carbons (Fsp3) is 0.0625. The zero-order valence-electron chi connectivity index (χ0n) is 14.1. The lowest BCUT2D eigenvalue weighted by molar-refractivity contribution is -0.384. The number of carbonyl (C=O) groups is 1. The standard InChI is InChI=1S/C16H13N5O6S/c17-28(26,27)12-4-1-10(2-5-12)19-15(22)8-20-9-18-14-6-3-11(21(24)25)7-13(14)16(20)23/h1-7,9H,8H2,(H,19,22)(H2,17,26,27). The number of benzene rings is 2. The number of hydrogen-bond donors (Lipinski definition) is 2. The molecule has 0 fully saturated rings. The van der Waals surface area contributed by atoms with Crippen LogP contribution in [0.25, 0.3) is 10.9 Å². The zero-order valence-corrected chi connectivity index (χ0v) is 14.9. The summed E-state index contributed by atoms with van der Waals surface area (Å²) < 4.78 is 23.5. The van der Waals surface area contributed by atoms with Crippen LogP contribution in [0.5, 0.6) is 0 Å². The molecular formula is C16H13N5O6S. The van der Waals surface area contributed by atoms with Crippen LogP contribution < -0.4 is 16.0 Å². The Morgan fingerprint density at radius 3 is 2.50 bits per heavy atom. The maximum absolute atomic E-state index is 12.5. The van der Waals surface area contributed by atoms with Crippen molar-refractivity contribution < 1.29 is 18.1 Å². The second-order valence-electron chi connectivity index (χ2n) is 5.75. The van der Waals surface area contributed by atoms with Crippen LogP contribution in [0.15, 0.2) is 58.5 Å². The predicted octanol–water partition coefficient (Wildman–Crippen LogP) is 0.591. The maximum atomic E-state index is 12.5. The van der Waals surface area contributed by atoms with E-state index in [9.17, 15) is 28.1 Å². The van der Waals surface area contributed by atoms with E-state index < -0.39 is 26.4 Å². The summed E-state index contributed by atoms with van der Waals surface area (Å²) in [6.07, 6.45) is 1.17. The number of nitro benzene ring substituents is 1. The molecule has 11 nitrogen and oxygen atoms in total. The van der Waals surface area contributed by atoms with Gasteiger partial charge in [0.15, 0.2) is 0 Å². The average molecular weight is 403 g/mol. The third kappa shape index (κ3) is 4.02. The molecule has 2 aromatic carbocycles. The molecule has 3 N–H and O–H groups in total. The quantitative estimate of drug-likeness (QED) is 0.464. The third-order valence-corrected chi connectivity index (χ3v) is 4.73. The van der Waals surface area contributed by atoms with Crippen LogP contribution in [0.4, 0.5) is 11.4 Å². The van der Waals surface area contributed by atoms with Crippen molar-refractivity contribution in [3.63, 3.8) is 0 Å². The van der Waals surface area contributed by atoms with Crippen LogP contribution in [0.3, 0.4) is 0 Å². The summed E-state index contributed by atoms with van der Waals surface area (Å²) in [5.74, 6) is -0.572. The zero-order chi connectivity index (χ0) is 20.5. The van der Waals surface area contributed by atoms with Crippen LogP contribution in [-0.4, -0.2) is 28.8 Å². The SMILES string of the molecule is NS(=O)(=O)c1ccc(NC(=O)Cn2cnc3ccc([N+](=O)[O-])cc3c2=O)cc1. The first kappa shape index (κ1) is 19.1. The first-order valence-electron chi connectivity index (χ1n) is 7.71. The van der Waals surface area contributed by atoms with Crippen molar-refractivity contribution in [2.24, 2.45) is 5.14 Å². The van der Waals surface area contributed by atoms with Crippen molar-refractivity contribution in [2.45, 2.75) is 11.4 Å². The van der Waals surface area contributed by atoms with E-state index in [1.54, 1.807) is 0 Å². The Morgan fingerprint density at radius 1 is 1.21 bits per heavy atom. The molecule has 0 spiro atoms. The van der Waals surface area contributed by atoms with Crippen molar-refractivity contribution in [3.8, 4) is 0 Å². The topological polar surface area (TPSA) is 167 Å². The molecule has 144 valence electrons. The van der Waals surface area contributed by atoms with Gasteiger partial charge in [-0.05, 0) is 30.3 Å². The number of carbonyl (C=O) groups excluding carboxylic acids is 1. The van der Waals surface area contributed by atoms with Crippen molar-refractivity contribution >= 4 is 38.2 Å². The Hall–Kier alpha value is -3.64. The van der Waals surface area contributed by atoms with Crippen molar-refractivity contribution in [1.82, 2.24) is 9.55 Å². The molecule has 3 rings (SSSR count). The van der Waals surface area contributed by atoms with E-state index in [1.165, 1.54) is 42.7 Å². The van der Waals surface area contributed by atoms with Crippen molar-refractivity contribution in [3.05, 3.63) is 69.3 Å². The fourth-order valence-electron chi connectivity index (χ4n) is 2.46. The smallest absolute Gasteiger partial charge is 0.270 e. The number of aromatic nitrogens is 2. The summed E-state index contributed by atoms with van der Waals surface area (Å²) in [5.41, 5.74) is -0.294. The minimum atomic E-state index is -3.85. The molecule has 1 aromatic heterocycles. The number of rotatable bonds is 5. The Kier molecular flexibility index (Phi) is 4.90. The number of sulfonamides is 1. The molecule has 0 radical (unpaired) electrons. The van der Waals surface area contributed by atoms with Crippen molar-refractivity contribution in [2.75, 3.05) is 5.32 Å². The highest BCUT2D eigenvalue weighted by atomic mass is 32.2. The lowest BCUT2D eigenvalue weighted by atomic mass is 10.2. The Bertz CT molecular complexity index is 1250. The molecule has 0 saturated heterocycles. The summed E-state index contributed by atoms with van der Waals surface area (Å²) >= 11 is 0. The van der Waals surface area contributed by atoms with Gasteiger partial charge in [0.05, 0.1) is 27.0 Å². The highest BCUT2D eigenvalue weighted by Crippen LogP contribution is 2.16. The molecule has 3 aromatic rings. The van der Waals surface area contributed by atoms with Crippen LogP contribution in [0.1, 0.15) is 0 Å². The molecule has 28 heavy (non-hydrogen) atoms. The number of nitrogens with zero attached hydrogens (tertiary/aromatic N) is 3. The molecule has 0 aliphatic carbocycles. The van der Waals surface area contributed by atoms with Gasteiger partial charge in [-0.2, -0.15) is 0 Å². The highest BCUT2D eigenvalue weighted by Gasteiger charge is 2.13. The normalized spacial score (nSPS) is 11.3. The number of nitrogens with one attached hydrogen (secondary N) is 1. The first-order chi connectivity index (χ1) is 13.1. The van der Waals surface area contributed by atoms with Gasteiger partial charge in [-0.15, -0.1) is 0 Å². The predicted molar refractivity (Wildman–Crippen MR) is 99.1 cm³/mol. The number of non-ortho nitro benzene ring substituents is 1. The van der Waals surface area contributed by atoms with E-state index in [0.29, 0.717) is 5.69 Å². The number of nitro groups is 1. The van der Waals surface area contributed by atoms with Crippen LogP contribution >= 0.6 is 0 Å². The van der Waals surface area contributed by atoms with E-state index in [4.69, 9.17) is 5.14 Å². The van der Waals surface area contributed by atoms with Gasteiger partial charge in [0, 0.05) is 17.8 Å². The molecule has 0 saturated carbocycles. The van der Waals surface area contributed by atoms with Gasteiger partial charge >= 0.3 is 0 Å². The van der Waals surface area contributed by atoms with Gasteiger partial charge in [0.1, 0.15) is 6.54 Å². The number of nitrogens with two attached hydrogens (primary N) is 1. The van der Waals surface area contributed by atoms with Crippen LogP contribution in [0, 0.1) is 10.1 Å². The van der Waals surface area contributed by atoms with Crippen LogP contribution in [0.2, 0.25) is 0 Å². The average Bonchev–Trinajstić information content (AvgIpc) is 2.63. The molecule has 0 aliphatic rings. The summed E-state index contributed by atoms with van der Waals surface area (Å²) in [4.78, 5) is 38.8. The summed E-state index contributed by atoms with van der Waals surface area (Å²) in [6.45, 7) is -0.387. The van der Waals surface area contributed by atoms with E-state index in [2.05, 4.69) is 10.3 Å². The Labute approximate surface area is 157 Å². The molecule has 0 aliphatic heterocycles. The minimum Gasteiger partial charge on any atom is -0.325 e. The lowest BCUT2D eigenvalue weighted by Gasteiger charge is -2.08. The minimum absolute atomic E-state index is 0.0157. The molecule has 1 amide bonds. The van der Waals surface area contributed by atoms with Gasteiger partial charge in [-0.3, -0.25) is 24.3 Å². The number of hydrogen-bond acceptors (Lipinski definition) is 7. The summed E-state index contributed by atoms with van der Waals surface area (Å²) in [7, 11) is -3.85. The van der Waals surface area contributed by atoms with Gasteiger partial charge in [-0.1, -0.05) is 0 Å². The second kappa shape index (κ2) is 7.17. The van der Waals surface area contributed by atoms with Gasteiger partial charge < -0.3 is 5.32 Å². The number of anilines is 1. The van der Waals surface area contributed by atoms with E-state index in [1.807, 2.05) is 0 Å². The number of amides is 1. The Morgan fingerprint density at radius 2 is 1.89 bits per heavy atom. The van der Waals surface area contributed by atoms with Gasteiger partial charge in [0.25, 0.3) is 11.2 Å². The largest absolute Gasteiger partial charge is 0.325 e. The molecule has 1 heterocycles. The highest BCUT2D eigenvalue weighted by molar-refractivity contribution is 7.89. The van der Waals surface area contributed by atoms with Crippen LogP contribution in [-0.2, 0) is 21.4 Å². The van der Waals surface area contributed by atoms with E-state index in [-0.39, 0.29) is 28.0 Å². The molecule has 0 atom stereocenters. The van der Waals surface area contributed by atoms with E-state index in [0.717, 1.165) is 10.6 Å². The second-order valence-corrected chi connectivity index (χ2v) is 7.32. The van der Waals surface area contributed by atoms with E-state index >= 15 is 0 Å². The third-order valence-electron chi connectivity index (χ3n) is 3.80. The molecular weight excluding hydrogens is 390 g/mol. The van der Waals surface area contributed by atoms with Gasteiger partial charge in [-0.25, -0.2) is 18.5 Å². The Balaban J connectivity index is 1.82. The monoisotopic (exact) mass is 403 g/mol. The lowest BCUT2D eigenvalue weighted by Crippen LogP contribution is -2.28. The summed E-state index contributed by atoms with van der Waals surface area (Å²) in [6, 6.07) is 8.85.